The van der Waals surface area contributed by atoms with Gasteiger partial charge in [-0.1, -0.05) is 34.8 Å². The van der Waals surface area contributed by atoms with E-state index in [9.17, 15) is 0 Å². The standard InChI is InChI=1S/C2H5B3Cl4.Rh/c3-5-4-1(6)2(7,8)9;/h1,4-5H,3H2;. The zero-order valence-corrected chi connectivity index (χ0v) is 10.00. The van der Waals surface area contributed by atoms with Crippen LogP contribution in [0.3, 0.4) is 0 Å². The first-order valence-electron chi connectivity index (χ1n) is 2.69. The summed E-state index contributed by atoms with van der Waals surface area (Å²) in [6.07, 6.45) is 0. The molecule has 1 atom stereocenters. The first kappa shape index (κ1) is 14.5. The van der Waals surface area contributed by atoms with E-state index in [1.165, 1.54) is 0 Å². The van der Waals surface area contributed by atoms with Crippen molar-refractivity contribution in [2.24, 2.45) is 0 Å². The fraction of sp³-hybridized carbons (Fsp3) is 1.00. The molecule has 0 fully saturated rings. The summed E-state index contributed by atoms with van der Waals surface area (Å²) in [7, 11) is 3.66. The minimum absolute atomic E-state index is 0. The number of hydrogen-bond donors (Lipinski definition) is 0. The van der Waals surface area contributed by atoms with E-state index in [-0.39, 0.29) is 24.8 Å². The minimum Gasteiger partial charge on any atom is -0.129 e. The van der Waals surface area contributed by atoms with Gasteiger partial charge >= 0.3 is 0 Å². The average molecular weight is 306 g/mol. The number of rotatable bonds is 2. The molecule has 0 aromatic carbocycles. The second-order valence-corrected chi connectivity index (χ2v) is 4.69. The Morgan fingerprint density at radius 1 is 1.30 bits per heavy atom. The van der Waals surface area contributed by atoms with Crippen LogP contribution in [0.1, 0.15) is 0 Å². The molecule has 8 heteroatoms. The van der Waals surface area contributed by atoms with Crippen LogP contribution in [0.5, 0.6) is 0 Å². The van der Waals surface area contributed by atoms with Gasteiger partial charge in [-0.25, -0.2) is 0 Å². The van der Waals surface area contributed by atoms with E-state index in [4.69, 9.17) is 46.4 Å². The molecule has 0 nitrogen and oxygen atoms in total. The molecule has 0 aliphatic heterocycles. The Hall–Kier alpha value is 1.98. The summed E-state index contributed by atoms with van der Waals surface area (Å²) < 4.78 is -1.31. The van der Waals surface area contributed by atoms with Crippen LogP contribution < -0.4 is 0 Å². The van der Waals surface area contributed by atoms with Crippen LogP contribution in [-0.2, 0) is 19.5 Å². The van der Waals surface area contributed by atoms with Gasteiger partial charge in [0.05, 0.1) is 14.8 Å². The van der Waals surface area contributed by atoms with E-state index in [0.29, 0.717) is 0 Å². The summed E-state index contributed by atoms with van der Waals surface area (Å²) in [5, 5.41) is -0.368. The summed E-state index contributed by atoms with van der Waals surface area (Å²) in [6.45, 7) is 0. The van der Waals surface area contributed by atoms with Crippen molar-refractivity contribution in [2.75, 3.05) is 0 Å². The number of halogens is 4. The SMILES string of the molecule is BBBC(Cl)C(Cl)(Cl)Cl.[Rh]. The van der Waals surface area contributed by atoms with Crippen molar-refractivity contribution in [2.45, 2.75) is 9.07 Å². The Kier molecular flexibility index (Phi) is 9.41. The Bertz CT molecular complexity index is 85.1. The molecule has 0 N–H and O–H groups in total. The zero-order valence-electron chi connectivity index (χ0n) is 5.34. The smallest absolute Gasteiger partial charge is 0.129 e. The van der Waals surface area contributed by atoms with E-state index >= 15 is 0 Å². The topological polar surface area (TPSA) is 0 Å². The molecule has 0 heterocycles. The molecule has 0 saturated carbocycles. The first-order chi connectivity index (χ1) is 3.98. The Labute approximate surface area is 96.3 Å². The van der Waals surface area contributed by atoms with Gasteiger partial charge in [-0.15, -0.1) is 11.6 Å². The third kappa shape index (κ3) is 6.67. The maximum absolute atomic E-state index is 5.66. The quantitative estimate of drug-likeness (QED) is 0.507. The van der Waals surface area contributed by atoms with Gasteiger partial charge in [0.1, 0.15) is 7.17 Å². The van der Waals surface area contributed by atoms with Gasteiger partial charge in [0.25, 0.3) is 0 Å². The molecular weight excluding hydrogens is 301 g/mol. The predicted molar refractivity (Wildman–Crippen MR) is 52.8 cm³/mol. The van der Waals surface area contributed by atoms with Gasteiger partial charge in [0.15, 0.2) is 3.79 Å². The summed E-state index contributed by atoms with van der Waals surface area (Å²) in [4.78, 5) is 0. The van der Waals surface area contributed by atoms with Gasteiger partial charge in [0, 0.05) is 24.8 Å². The van der Waals surface area contributed by atoms with Crippen LogP contribution in [0, 0.1) is 0 Å². The largest absolute Gasteiger partial charge is 0.198 e. The van der Waals surface area contributed by atoms with E-state index in [1.807, 2.05) is 7.74 Å². The van der Waals surface area contributed by atoms with Crippen molar-refractivity contribution in [3.63, 3.8) is 0 Å². The number of hydrogen-bond acceptors (Lipinski definition) is 0. The molecule has 1 unspecified atom stereocenters. The van der Waals surface area contributed by atoms with Crippen LogP contribution in [0.15, 0.2) is 0 Å². The van der Waals surface area contributed by atoms with Crippen LogP contribution in [-0.4, -0.2) is 31.0 Å². The normalized spacial score (nSPS) is 13.2. The molecule has 0 aliphatic rings. The summed E-state index contributed by atoms with van der Waals surface area (Å²) in [5.41, 5.74) is 0. The van der Waals surface area contributed by atoms with Crippen molar-refractivity contribution >= 4 is 68.4 Å². The van der Waals surface area contributed by atoms with Gasteiger partial charge in [-0.3, -0.25) is 0 Å². The summed E-state index contributed by atoms with van der Waals surface area (Å²) in [6, 6.07) is 0. The molecule has 0 saturated heterocycles. The van der Waals surface area contributed by atoms with Crippen LogP contribution in [0.25, 0.3) is 0 Å². The zero-order chi connectivity index (χ0) is 7.49. The maximum atomic E-state index is 5.66. The third-order valence-electron chi connectivity index (χ3n) is 0.897. The van der Waals surface area contributed by atoms with Gasteiger partial charge in [0.2, 0.25) is 0 Å². The second kappa shape index (κ2) is 6.49. The molecule has 0 aromatic rings. The molecule has 0 aliphatic carbocycles. The Morgan fingerprint density at radius 2 is 1.70 bits per heavy atom. The second-order valence-electron chi connectivity index (χ2n) is 1.80. The molecule has 10 heavy (non-hydrogen) atoms. The van der Waals surface area contributed by atoms with Crippen molar-refractivity contribution < 1.29 is 19.5 Å². The molecule has 1 radical (unpaired) electrons. The molecule has 0 rings (SSSR count). The first-order valence-corrected chi connectivity index (χ1v) is 4.26. The van der Waals surface area contributed by atoms with Crippen LogP contribution >= 0.6 is 46.4 Å². The van der Waals surface area contributed by atoms with E-state index < -0.39 is 3.79 Å². The van der Waals surface area contributed by atoms with E-state index in [1.54, 1.807) is 0 Å². The predicted octanol–water partition coefficient (Wildman–Crippen LogP) is 0.255. The molecular formula is C2H5B3Cl4Rh. The Morgan fingerprint density at radius 3 is 1.80 bits per heavy atom. The Balaban J connectivity index is 0. The van der Waals surface area contributed by atoms with Gasteiger partial charge < -0.3 is 0 Å². The minimum atomic E-state index is -1.31. The van der Waals surface area contributed by atoms with Crippen molar-refractivity contribution in [1.29, 1.82) is 0 Å². The monoisotopic (exact) mass is 305 g/mol. The summed E-state index contributed by atoms with van der Waals surface area (Å²) in [5.74, 6) is 0. The fourth-order valence-corrected chi connectivity index (χ4v) is 0.963. The van der Waals surface area contributed by atoms with Crippen molar-refractivity contribution in [3.8, 4) is 0 Å². The molecule has 0 bridgehead atoms. The van der Waals surface area contributed by atoms with E-state index in [2.05, 4.69) is 0 Å². The van der Waals surface area contributed by atoms with Crippen molar-refractivity contribution in [1.82, 2.24) is 0 Å². The fourth-order valence-electron chi connectivity index (χ4n) is 0.417. The van der Waals surface area contributed by atoms with Crippen LogP contribution in [0.4, 0.5) is 0 Å². The van der Waals surface area contributed by atoms with Crippen LogP contribution in [0.2, 0.25) is 0 Å². The third-order valence-corrected chi connectivity index (χ3v) is 2.57. The van der Waals surface area contributed by atoms with Crippen molar-refractivity contribution in [3.05, 3.63) is 0 Å². The van der Waals surface area contributed by atoms with Gasteiger partial charge in [-0.05, 0) is 0 Å². The van der Waals surface area contributed by atoms with E-state index in [0.717, 1.165) is 14.2 Å². The van der Waals surface area contributed by atoms with Gasteiger partial charge in [-0.2, -0.15) is 0 Å². The maximum Gasteiger partial charge on any atom is 0.198 e. The average Bonchev–Trinajstić information content (AvgIpc) is 1.64. The molecule has 0 spiro atoms. The molecule has 0 amide bonds. The molecule has 59 valence electrons. The number of alkyl halides is 4. The summed E-state index contributed by atoms with van der Waals surface area (Å²) >= 11 is 22.0. The molecule has 0 aromatic heterocycles.